The smallest absolute Gasteiger partial charge is 0.275 e. The van der Waals surface area contributed by atoms with E-state index < -0.39 is 6.55 Å². The molecule has 0 N–H and O–H groups in total. The molecule has 2 heterocycles. The molecule has 0 radical (unpaired) electrons. The molecule has 2 nitrogen and oxygen atoms in total. The first-order valence-corrected chi connectivity index (χ1v) is 3.90. The van der Waals surface area contributed by atoms with Gasteiger partial charge in [0.25, 0.3) is 0 Å². The second kappa shape index (κ2) is 2.80. The van der Waals surface area contributed by atoms with E-state index in [2.05, 4.69) is 4.98 Å². The van der Waals surface area contributed by atoms with E-state index in [4.69, 9.17) is 0 Å². The Morgan fingerprint density at radius 1 is 1.38 bits per heavy atom. The SMILES string of the molecule is Cc1ccnc2c1ccn2C(F)F. The first-order valence-electron chi connectivity index (χ1n) is 3.90. The Balaban J connectivity index is 2.75. The Morgan fingerprint density at radius 2 is 2.15 bits per heavy atom. The van der Waals surface area contributed by atoms with E-state index in [1.807, 2.05) is 6.92 Å². The van der Waals surface area contributed by atoms with Gasteiger partial charge in [-0.2, -0.15) is 8.78 Å². The third kappa shape index (κ3) is 1.18. The van der Waals surface area contributed by atoms with Crippen LogP contribution < -0.4 is 0 Å². The summed E-state index contributed by atoms with van der Waals surface area (Å²) < 4.78 is 25.6. The second-order valence-electron chi connectivity index (χ2n) is 2.87. The van der Waals surface area contributed by atoms with Gasteiger partial charge < -0.3 is 0 Å². The number of alkyl halides is 2. The molecule has 0 spiro atoms. The van der Waals surface area contributed by atoms with Gasteiger partial charge in [0.05, 0.1) is 0 Å². The van der Waals surface area contributed by atoms with E-state index in [1.165, 1.54) is 12.4 Å². The van der Waals surface area contributed by atoms with Gasteiger partial charge in [0.1, 0.15) is 5.65 Å². The molecule has 0 unspecified atom stereocenters. The van der Waals surface area contributed by atoms with Gasteiger partial charge in [-0.05, 0) is 24.6 Å². The van der Waals surface area contributed by atoms with Crippen LogP contribution in [0.5, 0.6) is 0 Å². The molecule has 2 aromatic heterocycles. The van der Waals surface area contributed by atoms with Gasteiger partial charge in [-0.15, -0.1) is 0 Å². The van der Waals surface area contributed by atoms with E-state index >= 15 is 0 Å². The number of pyridine rings is 1. The fourth-order valence-electron chi connectivity index (χ4n) is 1.35. The lowest BCUT2D eigenvalue weighted by Gasteiger charge is -2.01. The van der Waals surface area contributed by atoms with Gasteiger partial charge in [-0.25, -0.2) is 4.98 Å². The average molecular weight is 182 g/mol. The number of fused-ring (bicyclic) bond motifs is 1. The Morgan fingerprint density at radius 3 is 2.85 bits per heavy atom. The van der Waals surface area contributed by atoms with Crippen molar-refractivity contribution in [2.24, 2.45) is 0 Å². The lowest BCUT2D eigenvalue weighted by atomic mass is 10.2. The van der Waals surface area contributed by atoms with Gasteiger partial charge in [0, 0.05) is 17.8 Å². The van der Waals surface area contributed by atoms with E-state index in [9.17, 15) is 8.78 Å². The first kappa shape index (κ1) is 8.16. The number of aryl methyl sites for hydroxylation is 1. The Hall–Kier alpha value is -1.45. The first-order chi connectivity index (χ1) is 6.20. The van der Waals surface area contributed by atoms with E-state index in [0.717, 1.165) is 15.5 Å². The highest BCUT2D eigenvalue weighted by atomic mass is 19.3. The molecule has 0 atom stereocenters. The largest absolute Gasteiger partial charge is 0.320 e. The number of nitrogens with zero attached hydrogens (tertiary/aromatic N) is 2. The third-order valence-corrected chi connectivity index (χ3v) is 2.04. The molecule has 0 aliphatic heterocycles. The molecule has 13 heavy (non-hydrogen) atoms. The molecule has 68 valence electrons. The van der Waals surface area contributed by atoms with Crippen molar-refractivity contribution in [1.82, 2.24) is 9.55 Å². The normalized spacial score (nSPS) is 11.4. The molecular formula is C9H8F2N2. The summed E-state index contributed by atoms with van der Waals surface area (Å²) in [6, 6.07) is 3.46. The van der Waals surface area contributed by atoms with Crippen molar-refractivity contribution in [3.05, 3.63) is 30.1 Å². The van der Waals surface area contributed by atoms with E-state index in [-0.39, 0.29) is 0 Å². The lowest BCUT2D eigenvalue weighted by Crippen LogP contribution is -1.96. The number of hydrogen-bond acceptors (Lipinski definition) is 1. The number of hydrogen-bond donors (Lipinski definition) is 0. The zero-order chi connectivity index (χ0) is 9.42. The minimum absolute atomic E-state index is 0.343. The number of halogens is 2. The monoisotopic (exact) mass is 182 g/mol. The lowest BCUT2D eigenvalue weighted by molar-refractivity contribution is 0.0746. The molecular weight excluding hydrogens is 174 g/mol. The quantitative estimate of drug-likeness (QED) is 0.663. The predicted octanol–water partition coefficient (Wildman–Crippen LogP) is 2.74. The van der Waals surface area contributed by atoms with E-state index in [1.54, 1.807) is 12.1 Å². The second-order valence-corrected chi connectivity index (χ2v) is 2.87. The molecule has 0 saturated heterocycles. The van der Waals surface area contributed by atoms with Crippen LogP contribution in [0.15, 0.2) is 24.5 Å². The van der Waals surface area contributed by atoms with Gasteiger partial charge in [-0.3, -0.25) is 4.57 Å². The molecule has 4 heteroatoms. The molecule has 0 aromatic carbocycles. The topological polar surface area (TPSA) is 17.8 Å². The molecule has 2 rings (SSSR count). The summed E-state index contributed by atoms with van der Waals surface area (Å²) in [5, 5.41) is 0.780. The maximum atomic E-state index is 12.4. The van der Waals surface area contributed by atoms with Crippen molar-refractivity contribution in [3.63, 3.8) is 0 Å². The molecule has 0 saturated carbocycles. The maximum Gasteiger partial charge on any atom is 0.320 e. The molecule has 0 amide bonds. The zero-order valence-electron chi connectivity index (χ0n) is 7.04. The minimum atomic E-state index is -2.52. The minimum Gasteiger partial charge on any atom is -0.275 e. The predicted molar refractivity (Wildman–Crippen MR) is 45.7 cm³/mol. The fraction of sp³-hybridized carbons (Fsp3) is 0.222. The van der Waals surface area contributed by atoms with Crippen LogP contribution in [0.25, 0.3) is 11.0 Å². The van der Waals surface area contributed by atoms with Crippen molar-refractivity contribution in [3.8, 4) is 0 Å². The third-order valence-electron chi connectivity index (χ3n) is 2.04. The van der Waals surface area contributed by atoms with Crippen molar-refractivity contribution in [1.29, 1.82) is 0 Å². The van der Waals surface area contributed by atoms with Crippen LogP contribution in [0, 0.1) is 6.92 Å². The van der Waals surface area contributed by atoms with E-state index in [0.29, 0.717) is 5.65 Å². The van der Waals surface area contributed by atoms with Crippen LogP contribution in [0.3, 0.4) is 0 Å². The Labute approximate surface area is 73.8 Å². The Kier molecular flexibility index (Phi) is 1.76. The van der Waals surface area contributed by atoms with Gasteiger partial charge in [0.15, 0.2) is 0 Å². The summed E-state index contributed by atoms with van der Waals surface area (Å²) in [5.74, 6) is 0. The highest BCUT2D eigenvalue weighted by Gasteiger charge is 2.10. The van der Waals surface area contributed by atoms with Crippen molar-refractivity contribution >= 4 is 11.0 Å². The summed E-state index contributed by atoms with van der Waals surface area (Å²) in [6.45, 7) is -0.647. The van der Waals surface area contributed by atoms with Gasteiger partial charge >= 0.3 is 6.55 Å². The number of aromatic nitrogens is 2. The van der Waals surface area contributed by atoms with Crippen LogP contribution >= 0.6 is 0 Å². The van der Waals surface area contributed by atoms with Crippen molar-refractivity contribution < 1.29 is 8.78 Å². The van der Waals surface area contributed by atoms with Crippen LogP contribution in [-0.2, 0) is 0 Å². The standard InChI is InChI=1S/C9H8F2N2/c1-6-2-4-12-8-7(6)3-5-13(8)9(10)11/h2-5,9H,1H3. The number of rotatable bonds is 1. The summed E-state index contributed by atoms with van der Waals surface area (Å²) in [6.07, 6.45) is 2.89. The summed E-state index contributed by atoms with van der Waals surface area (Å²) in [5.41, 5.74) is 1.31. The zero-order valence-corrected chi connectivity index (χ0v) is 7.04. The summed E-state index contributed by atoms with van der Waals surface area (Å²) >= 11 is 0. The molecule has 0 fully saturated rings. The van der Waals surface area contributed by atoms with Crippen LogP contribution in [0.2, 0.25) is 0 Å². The molecule has 0 aliphatic rings. The maximum absolute atomic E-state index is 12.4. The fourth-order valence-corrected chi connectivity index (χ4v) is 1.35. The highest BCUT2D eigenvalue weighted by Crippen LogP contribution is 2.21. The molecule has 2 aromatic rings. The van der Waals surface area contributed by atoms with Crippen LogP contribution in [0.1, 0.15) is 12.1 Å². The van der Waals surface area contributed by atoms with Gasteiger partial charge in [-0.1, -0.05) is 0 Å². The molecule has 0 bridgehead atoms. The van der Waals surface area contributed by atoms with Gasteiger partial charge in [0.2, 0.25) is 0 Å². The van der Waals surface area contributed by atoms with Crippen molar-refractivity contribution in [2.45, 2.75) is 13.5 Å². The Bertz CT molecular complexity index is 434. The average Bonchev–Trinajstić information content (AvgIpc) is 2.48. The highest BCUT2D eigenvalue weighted by molar-refractivity contribution is 5.79. The van der Waals surface area contributed by atoms with Crippen molar-refractivity contribution in [2.75, 3.05) is 0 Å². The van der Waals surface area contributed by atoms with Crippen LogP contribution in [0.4, 0.5) is 8.78 Å². The summed E-state index contributed by atoms with van der Waals surface area (Å²) in [4.78, 5) is 3.91. The van der Waals surface area contributed by atoms with Crippen LogP contribution in [-0.4, -0.2) is 9.55 Å². The summed E-state index contributed by atoms with van der Waals surface area (Å²) in [7, 11) is 0. The molecule has 0 aliphatic carbocycles.